The van der Waals surface area contributed by atoms with Gasteiger partial charge in [-0.2, -0.15) is 0 Å². The molecule has 2 aliphatic heterocycles. The van der Waals surface area contributed by atoms with Crippen LogP contribution in [0.15, 0.2) is 91.0 Å². The van der Waals surface area contributed by atoms with Gasteiger partial charge < -0.3 is 33.9 Å². The Kier molecular flexibility index (Phi) is 11.9. The summed E-state index contributed by atoms with van der Waals surface area (Å²) in [6, 6.07) is 21.6. The highest BCUT2D eigenvalue weighted by Crippen LogP contribution is 2.44. The maximum Gasteiger partial charge on any atom is 0.408 e. The van der Waals surface area contributed by atoms with Gasteiger partial charge in [0.25, 0.3) is 0 Å². The van der Waals surface area contributed by atoms with E-state index < -0.39 is 58.5 Å². The molecule has 0 aliphatic carbocycles. The Labute approximate surface area is 310 Å². The fraction of sp³-hybridized carbons (Fsp3) is 0.333. The zero-order valence-corrected chi connectivity index (χ0v) is 30.7. The lowest BCUT2D eigenvalue weighted by Gasteiger charge is -2.53. The first kappa shape index (κ1) is 38.6. The number of β-lactam (4-membered cyclic amide) rings is 1. The summed E-state index contributed by atoms with van der Waals surface area (Å²) in [6.45, 7) is 7.18. The van der Waals surface area contributed by atoms with Crippen LogP contribution in [-0.2, 0) is 33.4 Å². The molecule has 0 bridgehead atoms. The second kappa shape index (κ2) is 16.4. The molecule has 2 amide bonds. The number of benzene rings is 3. The molecule has 3 atom stereocenters. The van der Waals surface area contributed by atoms with Crippen LogP contribution in [0.2, 0.25) is 0 Å². The number of ether oxygens (including phenoxy) is 5. The fourth-order valence-electron chi connectivity index (χ4n) is 5.72. The molecule has 2 heterocycles. The largest absolute Gasteiger partial charge is 0.458 e. The summed E-state index contributed by atoms with van der Waals surface area (Å²) in [5.41, 5.74) is -0.614. The van der Waals surface area contributed by atoms with Gasteiger partial charge >= 0.3 is 30.0 Å². The second-order valence-electron chi connectivity index (χ2n) is 13.4. The topological polar surface area (TPSA) is 164 Å². The van der Waals surface area contributed by atoms with Crippen LogP contribution in [0.25, 0.3) is 0 Å². The SMILES string of the molecule is CC(=O)Oc1ccc(C(=O)OCC=CC2(C(=O)OC(c3ccccc3)c3ccccc3)CS[C@@H]3C(NC(=O)OC(C)(C)C)C(=O)N3C2)cc1OC(C)=O. The predicted molar refractivity (Wildman–Crippen MR) is 193 cm³/mol. The Bertz CT molecular complexity index is 1850. The highest BCUT2D eigenvalue weighted by Gasteiger charge is 2.57. The van der Waals surface area contributed by atoms with Crippen LogP contribution in [0.1, 0.15) is 62.2 Å². The molecule has 3 aromatic carbocycles. The Hall–Kier alpha value is -5.63. The van der Waals surface area contributed by atoms with E-state index in [9.17, 15) is 28.8 Å². The normalized spacial score (nSPS) is 19.4. The van der Waals surface area contributed by atoms with Gasteiger partial charge in [0.05, 0.1) is 5.56 Å². The van der Waals surface area contributed by atoms with Gasteiger partial charge in [0, 0.05) is 26.1 Å². The summed E-state index contributed by atoms with van der Waals surface area (Å²) in [5, 5.41) is 2.20. The molecule has 2 saturated heterocycles. The van der Waals surface area contributed by atoms with Crippen molar-refractivity contribution in [2.45, 2.75) is 57.7 Å². The first-order chi connectivity index (χ1) is 25.2. The van der Waals surface area contributed by atoms with Crippen LogP contribution < -0.4 is 14.8 Å². The molecule has 0 aromatic heterocycles. The number of amides is 2. The lowest BCUT2D eigenvalue weighted by molar-refractivity contribution is -0.162. The van der Waals surface area contributed by atoms with Crippen LogP contribution in [0, 0.1) is 5.41 Å². The van der Waals surface area contributed by atoms with Crippen LogP contribution in [0.3, 0.4) is 0 Å². The molecule has 2 fully saturated rings. The summed E-state index contributed by atoms with van der Waals surface area (Å²) >= 11 is 1.31. The molecule has 3 aromatic rings. The standard InChI is InChI=1S/C39H40N2O11S/c1-24(42)49-29-18-17-28(21-30(29)50-25(2)43)35(45)48-20-12-19-39(22-41-33(44)31(34(41)53-23-39)40-37(47)52-38(3,4)5)36(46)51-32(26-13-8-6-9-14-26)27-15-10-7-11-16-27/h6-19,21,31-32,34H,20,22-23H2,1-5H3,(H,40,47)/t31?,34-,39?/m1/s1. The molecule has 278 valence electrons. The van der Waals surface area contributed by atoms with Gasteiger partial charge in [0.1, 0.15) is 29.0 Å². The van der Waals surface area contributed by atoms with E-state index in [-0.39, 0.29) is 41.9 Å². The smallest absolute Gasteiger partial charge is 0.408 e. The average Bonchev–Trinajstić information content (AvgIpc) is 3.11. The number of thioether (sulfide) groups is 1. The van der Waals surface area contributed by atoms with Gasteiger partial charge in [-0.1, -0.05) is 66.7 Å². The van der Waals surface area contributed by atoms with Crippen LogP contribution in [0.5, 0.6) is 11.5 Å². The summed E-state index contributed by atoms with van der Waals surface area (Å²) < 4.78 is 27.2. The Balaban J connectivity index is 1.36. The van der Waals surface area contributed by atoms with E-state index in [2.05, 4.69) is 5.32 Å². The molecular weight excluding hydrogens is 704 g/mol. The van der Waals surface area contributed by atoms with E-state index in [0.29, 0.717) is 0 Å². The monoisotopic (exact) mass is 744 g/mol. The molecule has 14 heteroatoms. The lowest BCUT2D eigenvalue weighted by atomic mass is 9.86. The van der Waals surface area contributed by atoms with Crippen molar-refractivity contribution in [2.75, 3.05) is 18.9 Å². The molecule has 1 N–H and O–H groups in total. The lowest BCUT2D eigenvalue weighted by Crippen LogP contribution is -2.73. The van der Waals surface area contributed by atoms with Gasteiger partial charge in [0.2, 0.25) is 5.91 Å². The average molecular weight is 745 g/mol. The maximum absolute atomic E-state index is 14.4. The third-order valence-corrected chi connectivity index (χ3v) is 9.60. The van der Waals surface area contributed by atoms with Crippen molar-refractivity contribution < 1.29 is 52.5 Å². The zero-order chi connectivity index (χ0) is 38.3. The quantitative estimate of drug-likeness (QED) is 0.0879. The summed E-state index contributed by atoms with van der Waals surface area (Å²) in [7, 11) is 0. The minimum atomic E-state index is -1.36. The van der Waals surface area contributed by atoms with Crippen molar-refractivity contribution >= 4 is 47.6 Å². The van der Waals surface area contributed by atoms with Crippen molar-refractivity contribution in [3.8, 4) is 11.5 Å². The van der Waals surface area contributed by atoms with Crippen molar-refractivity contribution in [2.24, 2.45) is 5.41 Å². The number of fused-ring (bicyclic) bond motifs is 1. The third kappa shape index (κ3) is 9.63. The number of nitrogens with zero attached hydrogens (tertiary/aromatic N) is 1. The molecule has 13 nitrogen and oxygen atoms in total. The van der Waals surface area contributed by atoms with E-state index in [0.717, 1.165) is 18.1 Å². The number of carbonyl (C=O) groups is 6. The van der Waals surface area contributed by atoms with E-state index in [1.807, 2.05) is 60.7 Å². The minimum absolute atomic E-state index is 0.0130. The maximum atomic E-state index is 14.4. The Morgan fingerprint density at radius 2 is 1.51 bits per heavy atom. The van der Waals surface area contributed by atoms with Gasteiger partial charge in [-0.15, -0.1) is 11.8 Å². The first-order valence-corrected chi connectivity index (χ1v) is 17.8. The minimum Gasteiger partial charge on any atom is -0.458 e. The van der Waals surface area contributed by atoms with Crippen LogP contribution in [-0.4, -0.2) is 76.7 Å². The third-order valence-electron chi connectivity index (χ3n) is 8.05. The zero-order valence-electron chi connectivity index (χ0n) is 29.9. The number of rotatable bonds is 11. The molecule has 0 saturated carbocycles. The summed E-state index contributed by atoms with van der Waals surface area (Å²) in [5.74, 6) is -3.12. The van der Waals surface area contributed by atoms with Crippen LogP contribution in [0.4, 0.5) is 4.79 Å². The molecule has 2 aliphatic rings. The first-order valence-electron chi connectivity index (χ1n) is 16.7. The van der Waals surface area contributed by atoms with Crippen molar-refractivity contribution in [3.63, 3.8) is 0 Å². The Morgan fingerprint density at radius 3 is 2.09 bits per heavy atom. The van der Waals surface area contributed by atoms with E-state index in [1.165, 1.54) is 47.9 Å². The molecule has 0 spiro atoms. The molecular formula is C39H40N2O11S. The molecule has 5 rings (SSSR count). The van der Waals surface area contributed by atoms with Crippen LogP contribution >= 0.6 is 11.8 Å². The second-order valence-corrected chi connectivity index (χ2v) is 14.5. The van der Waals surface area contributed by atoms with Crippen molar-refractivity contribution in [1.82, 2.24) is 10.2 Å². The predicted octanol–water partition coefficient (Wildman–Crippen LogP) is 5.38. The van der Waals surface area contributed by atoms with Gasteiger partial charge in [-0.25, -0.2) is 9.59 Å². The fourth-order valence-corrected chi connectivity index (χ4v) is 7.23. The highest BCUT2D eigenvalue weighted by atomic mass is 32.2. The number of esters is 4. The van der Waals surface area contributed by atoms with E-state index in [4.69, 9.17) is 23.7 Å². The number of hydrogen-bond donors (Lipinski definition) is 1. The van der Waals surface area contributed by atoms with E-state index in [1.54, 1.807) is 26.8 Å². The highest BCUT2D eigenvalue weighted by molar-refractivity contribution is 8.00. The van der Waals surface area contributed by atoms with Gasteiger partial charge in [-0.3, -0.25) is 19.2 Å². The number of carbonyl (C=O) groups excluding carboxylic acids is 6. The van der Waals surface area contributed by atoms with E-state index >= 15 is 0 Å². The molecule has 0 radical (unpaired) electrons. The molecule has 53 heavy (non-hydrogen) atoms. The summed E-state index contributed by atoms with van der Waals surface area (Å²) in [6.07, 6.45) is 1.60. The van der Waals surface area contributed by atoms with Crippen molar-refractivity contribution in [3.05, 3.63) is 108 Å². The Morgan fingerprint density at radius 1 is 0.906 bits per heavy atom. The number of alkyl carbamates (subject to hydrolysis) is 1. The number of hydrogen-bond acceptors (Lipinski definition) is 12. The summed E-state index contributed by atoms with van der Waals surface area (Å²) in [4.78, 5) is 77.8. The van der Waals surface area contributed by atoms with Gasteiger partial charge in [0.15, 0.2) is 17.6 Å². The number of nitrogens with one attached hydrogen (secondary N) is 1. The van der Waals surface area contributed by atoms with Crippen molar-refractivity contribution in [1.29, 1.82) is 0 Å². The van der Waals surface area contributed by atoms with Gasteiger partial charge in [-0.05, 0) is 56.2 Å². The molecule has 2 unspecified atom stereocenters.